The third-order valence-electron chi connectivity index (χ3n) is 3.02. The van der Waals surface area contributed by atoms with Gasteiger partial charge in [-0.15, -0.1) is 0 Å². The van der Waals surface area contributed by atoms with E-state index in [0.29, 0.717) is 18.7 Å². The highest BCUT2D eigenvalue weighted by Crippen LogP contribution is 2.09. The first-order valence-electron chi connectivity index (χ1n) is 7.64. The number of carbonyl (C=O) groups is 3. The van der Waals surface area contributed by atoms with Crippen LogP contribution in [0.3, 0.4) is 0 Å². The molecule has 0 aliphatic carbocycles. The number of benzene rings is 2. The number of carboxylic acids is 2. The average molecular weight is 379 g/mol. The van der Waals surface area contributed by atoms with Crippen LogP contribution in [0.2, 0.25) is 5.02 Å². The topological polar surface area (TPSA) is 116 Å². The number of carbonyl (C=O) groups excluding carboxylic acids is 1. The zero-order valence-corrected chi connectivity index (χ0v) is 14.6. The van der Waals surface area contributed by atoms with Crippen LogP contribution in [0.1, 0.15) is 15.9 Å². The molecule has 2 aromatic rings. The fourth-order valence-corrected chi connectivity index (χ4v) is 2.05. The van der Waals surface area contributed by atoms with Crippen molar-refractivity contribution >= 4 is 29.4 Å². The predicted molar refractivity (Wildman–Crippen MR) is 97.2 cm³/mol. The second kappa shape index (κ2) is 11.6. The second-order valence-corrected chi connectivity index (χ2v) is 5.48. The Morgan fingerprint density at radius 3 is 2.12 bits per heavy atom. The van der Waals surface area contributed by atoms with Crippen molar-refractivity contribution in [2.24, 2.45) is 0 Å². The number of hydrogen-bond donors (Lipinski definition) is 4. The van der Waals surface area contributed by atoms with Gasteiger partial charge in [0, 0.05) is 30.2 Å². The molecule has 0 saturated carbocycles. The summed E-state index contributed by atoms with van der Waals surface area (Å²) >= 11 is 5.91. The van der Waals surface area contributed by atoms with Crippen molar-refractivity contribution in [3.8, 4) is 0 Å². The smallest absolute Gasteiger partial charge is 0.414 e. The first-order valence-corrected chi connectivity index (χ1v) is 8.02. The van der Waals surface area contributed by atoms with Gasteiger partial charge in [-0.3, -0.25) is 4.79 Å². The highest BCUT2D eigenvalue weighted by atomic mass is 35.5. The van der Waals surface area contributed by atoms with Crippen LogP contribution in [0, 0.1) is 0 Å². The van der Waals surface area contributed by atoms with E-state index >= 15 is 0 Å². The van der Waals surface area contributed by atoms with Gasteiger partial charge in [-0.05, 0) is 29.8 Å². The maximum absolute atomic E-state index is 11.8. The van der Waals surface area contributed by atoms with Gasteiger partial charge in [-0.1, -0.05) is 41.9 Å². The molecule has 2 rings (SSSR count). The summed E-state index contributed by atoms with van der Waals surface area (Å²) in [4.78, 5) is 30.0. The van der Waals surface area contributed by atoms with Crippen molar-refractivity contribution in [1.29, 1.82) is 0 Å². The second-order valence-electron chi connectivity index (χ2n) is 5.04. The standard InChI is InChI=1S/C16H17ClN2O.C2H2O4/c17-15-8-4-5-13(11-15)12-18-9-10-19-16(20)14-6-2-1-3-7-14;3-1(4)2(5)6/h1-8,11,18H,9-10,12H2,(H,19,20);(H,3,4)(H,5,6). The number of hydrogen-bond acceptors (Lipinski definition) is 4. The van der Waals surface area contributed by atoms with Crippen LogP contribution < -0.4 is 10.6 Å². The minimum atomic E-state index is -1.82. The molecular weight excluding hydrogens is 360 g/mol. The fourth-order valence-electron chi connectivity index (χ4n) is 1.84. The largest absolute Gasteiger partial charge is 0.473 e. The Hall–Kier alpha value is -2.90. The van der Waals surface area contributed by atoms with Crippen LogP contribution in [-0.4, -0.2) is 41.1 Å². The molecule has 2 aromatic carbocycles. The first kappa shape index (κ1) is 21.1. The van der Waals surface area contributed by atoms with E-state index in [9.17, 15) is 4.79 Å². The lowest BCUT2D eigenvalue weighted by Crippen LogP contribution is -2.31. The summed E-state index contributed by atoms with van der Waals surface area (Å²) in [5.74, 6) is -3.69. The summed E-state index contributed by atoms with van der Waals surface area (Å²) in [5.41, 5.74) is 1.81. The van der Waals surface area contributed by atoms with E-state index in [4.69, 9.17) is 31.4 Å². The molecule has 0 aliphatic heterocycles. The van der Waals surface area contributed by atoms with Crippen LogP contribution in [0.15, 0.2) is 54.6 Å². The van der Waals surface area contributed by atoms with Gasteiger partial charge in [0.2, 0.25) is 0 Å². The Labute approximate surface area is 155 Å². The van der Waals surface area contributed by atoms with E-state index in [2.05, 4.69) is 10.6 Å². The van der Waals surface area contributed by atoms with Gasteiger partial charge in [0.05, 0.1) is 0 Å². The Morgan fingerprint density at radius 1 is 0.885 bits per heavy atom. The van der Waals surface area contributed by atoms with Crippen molar-refractivity contribution in [3.63, 3.8) is 0 Å². The monoisotopic (exact) mass is 378 g/mol. The van der Waals surface area contributed by atoms with Gasteiger partial charge >= 0.3 is 11.9 Å². The van der Waals surface area contributed by atoms with E-state index < -0.39 is 11.9 Å². The average Bonchev–Trinajstić information content (AvgIpc) is 2.62. The quantitative estimate of drug-likeness (QED) is 0.451. The van der Waals surface area contributed by atoms with E-state index in [1.165, 1.54) is 0 Å². The Kier molecular flexibility index (Phi) is 9.45. The number of rotatable bonds is 6. The molecule has 0 radical (unpaired) electrons. The lowest BCUT2D eigenvalue weighted by atomic mass is 10.2. The van der Waals surface area contributed by atoms with Crippen LogP contribution in [-0.2, 0) is 16.1 Å². The van der Waals surface area contributed by atoms with E-state index in [1.54, 1.807) is 12.1 Å². The summed E-state index contributed by atoms with van der Waals surface area (Å²) < 4.78 is 0. The number of carboxylic acid groups (broad SMARTS) is 2. The van der Waals surface area contributed by atoms with Gasteiger partial charge in [0.25, 0.3) is 5.91 Å². The molecule has 0 bridgehead atoms. The van der Waals surface area contributed by atoms with Crippen molar-refractivity contribution in [2.75, 3.05) is 13.1 Å². The summed E-state index contributed by atoms with van der Waals surface area (Å²) in [6.45, 7) is 2.04. The van der Waals surface area contributed by atoms with Gasteiger partial charge in [0.1, 0.15) is 0 Å². The third kappa shape index (κ3) is 8.81. The summed E-state index contributed by atoms with van der Waals surface area (Å²) in [5, 5.41) is 21.7. The van der Waals surface area contributed by atoms with Crippen LogP contribution >= 0.6 is 11.6 Å². The maximum atomic E-state index is 11.8. The molecule has 0 atom stereocenters. The molecule has 1 amide bonds. The highest BCUT2D eigenvalue weighted by molar-refractivity contribution is 6.30. The molecule has 0 saturated heterocycles. The van der Waals surface area contributed by atoms with E-state index in [0.717, 1.165) is 17.1 Å². The molecule has 0 heterocycles. The van der Waals surface area contributed by atoms with Gasteiger partial charge in [0.15, 0.2) is 0 Å². The number of halogens is 1. The zero-order chi connectivity index (χ0) is 19.4. The third-order valence-corrected chi connectivity index (χ3v) is 3.26. The van der Waals surface area contributed by atoms with Crippen LogP contribution in [0.4, 0.5) is 0 Å². The maximum Gasteiger partial charge on any atom is 0.414 e. The minimum absolute atomic E-state index is 0.0462. The SMILES string of the molecule is O=C(NCCNCc1cccc(Cl)c1)c1ccccc1.O=C(O)C(=O)O. The molecule has 0 aromatic heterocycles. The fraction of sp³-hybridized carbons (Fsp3) is 0.167. The first-order chi connectivity index (χ1) is 12.4. The molecule has 0 aliphatic rings. The zero-order valence-electron chi connectivity index (χ0n) is 13.8. The van der Waals surface area contributed by atoms with Crippen molar-refractivity contribution in [1.82, 2.24) is 10.6 Å². The van der Waals surface area contributed by atoms with Gasteiger partial charge < -0.3 is 20.8 Å². The summed E-state index contributed by atoms with van der Waals surface area (Å²) in [6.07, 6.45) is 0. The van der Waals surface area contributed by atoms with Crippen LogP contribution in [0.5, 0.6) is 0 Å². The molecule has 26 heavy (non-hydrogen) atoms. The molecule has 138 valence electrons. The molecule has 8 heteroatoms. The Morgan fingerprint density at radius 2 is 1.54 bits per heavy atom. The lowest BCUT2D eigenvalue weighted by Gasteiger charge is -2.07. The van der Waals surface area contributed by atoms with Crippen molar-refractivity contribution < 1.29 is 24.6 Å². The van der Waals surface area contributed by atoms with Crippen LogP contribution in [0.25, 0.3) is 0 Å². The number of amides is 1. The van der Waals surface area contributed by atoms with E-state index in [-0.39, 0.29) is 5.91 Å². The van der Waals surface area contributed by atoms with E-state index in [1.807, 2.05) is 42.5 Å². The van der Waals surface area contributed by atoms with Crippen molar-refractivity contribution in [2.45, 2.75) is 6.54 Å². The normalized spacial score (nSPS) is 9.58. The molecule has 0 unspecified atom stereocenters. The van der Waals surface area contributed by atoms with Crippen molar-refractivity contribution in [3.05, 3.63) is 70.7 Å². The predicted octanol–water partition coefficient (Wildman–Crippen LogP) is 2.02. The van der Waals surface area contributed by atoms with Gasteiger partial charge in [-0.2, -0.15) is 0 Å². The molecule has 4 N–H and O–H groups in total. The molecular formula is C18H19ClN2O5. The highest BCUT2D eigenvalue weighted by Gasteiger charge is 2.04. The van der Waals surface area contributed by atoms with Gasteiger partial charge in [-0.25, -0.2) is 9.59 Å². The lowest BCUT2D eigenvalue weighted by molar-refractivity contribution is -0.159. The number of nitrogens with one attached hydrogen (secondary N) is 2. The Balaban J connectivity index is 0.000000487. The minimum Gasteiger partial charge on any atom is -0.473 e. The Bertz CT molecular complexity index is 725. The molecule has 0 spiro atoms. The summed E-state index contributed by atoms with van der Waals surface area (Å²) in [6, 6.07) is 16.9. The number of aliphatic carboxylic acids is 2. The molecule has 7 nitrogen and oxygen atoms in total. The molecule has 0 fully saturated rings. The summed E-state index contributed by atoms with van der Waals surface area (Å²) in [7, 11) is 0.